The normalized spacial score (nSPS) is 10.3. The van der Waals surface area contributed by atoms with E-state index in [0.717, 1.165) is 0 Å². The zero-order chi connectivity index (χ0) is 13.7. The van der Waals surface area contributed by atoms with Gasteiger partial charge >= 0.3 is 0 Å². The Balaban J connectivity index is 2.61. The predicted molar refractivity (Wildman–Crippen MR) is 67.8 cm³/mol. The highest BCUT2D eigenvalue weighted by Gasteiger charge is 2.18. The number of aryl methyl sites for hydroxylation is 2. The van der Waals surface area contributed by atoms with Crippen molar-refractivity contribution in [1.82, 2.24) is 15.1 Å². The smallest absolute Gasteiger partial charge is 0.271 e. The number of nitrogens with two attached hydrogens (primary N) is 2. The highest BCUT2D eigenvalue weighted by atomic mass is 16.2. The monoisotopic (exact) mass is 253 g/mol. The number of carbonyl (C=O) groups excluding carboxylic acids is 2. The first-order chi connectivity index (χ1) is 8.47. The van der Waals surface area contributed by atoms with Crippen LogP contribution in [0.3, 0.4) is 0 Å². The number of nitrogen functional groups attached to an aromatic ring is 1. The molecule has 1 heterocycles. The summed E-state index contributed by atoms with van der Waals surface area (Å²) in [7, 11) is 1.67. The van der Waals surface area contributed by atoms with E-state index in [2.05, 4.69) is 10.4 Å². The van der Waals surface area contributed by atoms with Gasteiger partial charge in [0.05, 0.1) is 11.4 Å². The van der Waals surface area contributed by atoms with Gasteiger partial charge in [-0.05, 0) is 12.8 Å². The molecule has 7 nitrogen and oxygen atoms in total. The van der Waals surface area contributed by atoms with Crippen LogP contribution < -0.4 is 16.8 Å². The number of rotatable bonds is 6. The quantitative estimate of drug-likeness (QED) is 0.596. The molecule has 1 aromatic heterocycles. The van der Waals surface area contributed by atoms with Gasteiger partial charge in [0.2, 0.25) is 5.91 Å². The average Bonchev–Trinajstić information content (AvgIpc) is 2.59. The van der Waals surface area contributed by atoms with Crippen LogP contribution in [0, 0.1) is 0 Å². The maximum atomic E-state index is 11.9. The first-order valence-electron chi connectivity index (χ1n) is 5.85. The SMILES string of the molecule is CCc1nn(C)c(C(=O)NCCCC(N)=O)c1N. The molecule has 0 unspecified atom stereocenters. The molecule has 0 aromatic carbocycles. The third-order valence-electron chi connectivity index (χ3n) is 2.60. The summed E-state index contributed by atoms with van der Waals surface area (Å²) < 4.78 is 1.47. The van der Waals surface area contributed by atoms with Gasteiger partial charge in [-0.1, -0.05) is 6.92 Å². The van der Waals surface area contributed by atoms with Crippen LogP contribution in [0.4, 0.5) is 5.69 Å². The zero-order valence-corrected chi connectivity index (χ0v) is 10.7. The molecule has 5 N–H and O–H groups in total. The lowest BCUT2D eigenvalue weighted by Gasteiger charge is -2.05. The molecule has 0 fully saturated rings. The molecule has 100 valence electrons. The van der Waals surface area contributed by atoms with Crippen LogP contribution in [0.5, 0.6) is 0 Å². The van der Waals surface area contributed by atoms with E-state index in [1.165, 1.54) is 4.68 Å². The van der Waals surface area contributed by atoms with Gasteiger partial charge in [0.1, 0.15) is 5.69 Å². The number of carbonyl (C=O) groups is 2. The third-order valence-corrected chi connectivity index (χ3v) is 2.60. The number of amides is 2. The van der Waals surface area contributed by atoms with Gasteiger partial charge in [0.25, 0.3) is 5.91 Å². The molecule has 0 spiro atoms. The van der Waals surface area contributed by atoms with E-state index in [1.54, 1.807) is 7.05 Å². The number of primary amides is 1. The van der Waals surface area contributed by atoms with E-state index in [-0.39, 0.29) is 18.2 Å². The van der Waals surface area contributed by atoms with E-state index in [4.69, 9.17) is 11.5 Å². The molecule has 18 heavy (non-hydrogen) atoms. The molecule has 0 saturated carbocycles. The highest BCUT2D eigenvalue weighted by Crippen LogP contribution is 2.16. The number of aromatic nitrogens is 2. The fraction of sp³-hybridized carbons (Fsp3) is 0.545. The Morgan fingerprint density at radius 3 is 2.61 bits per heavy atom. The lowest BCUT2D eigenvalue weighted by atomic mass is 10.2. The number of hydrogen-bond donors (Lipinski definition) is 3. The van der Waals surface area contributed by atoms with Gasteiger partial charge in [-0.3, -0.25) is 14.3 Å². The van der Waals surface area contributed by atoms with Gasteiger partial charge in [0.15, 0.2) is 0 Å². The molecular weight excluding hydrogens is 234 g/mol. The Morgan fingerprint density at radius 1 is 1.44 bits per heavy atom. The highest BCUT2D eigenvalue weighted by molar-refractivity contribution is 5.97. The topological polar surface area (TPSA) is 116 Å². The van der Waals surface area contributed by atoms with E-state index in [9.17, 15) is 9.59 Å². The minimum Gasteiger partial charge on any atom is -0.395 e. The summed E-state index contributed by atoms with van der Waals surface area (Å²) in [6.45, 7) is 2.31. The van der Waals surface area contributed by atoms with Crippen LogP contribution in [0.2, 0.25) is 0 Å². The Kier molecular flexibility index (Phi) is 4.70. The van der Waals surface area contributed by atoms with Crippen molar-refractivity contribution in [2.75, 3.05) is 12.3 Å². The van der Waals surface area contributed by atoms with E-state index >= 15 is 0 Å². The van der Waals surface area contributed by atoms with Gasteiger partial charge in [-0.2, -0.15) is 5.10 Å². The van der Waals surface area contributed by atoms with Crippen molar-refractivity contribution >= 4 is 17.5 Å². The average molecular weight is 253 g/mol. The molecule has 0 aliphatic rings. The Hall–Kier alpha value is -2.05. The molecular formula is C11H19N5O2. The summed E-state index contributed by atoms with van der Waals surface area (Å²) in [5.41, 5.74) is 12.3. The largest absolute Gasteiger partial charge is 0.395 e. The fourth-order valence-corrected chi connectivity index (χ4v) is 1.67. The number of anilines is 1. The molecule has 1 rings (SSSR count). The van der Waals surface area contributed by atoms with Crippen molar-refractivity contribution in [2.24, 2.45) is 12.8 Å². The van der Waals surface area contributed by atoms with Crippen LogP contribution in [-0.4, -0.2) is 28.1 Å². The maximum Gasteiger partial charge on any atom is 0.271 e. The Labute approximate surface area is 106 Å². The molecule has 0 aliphatic heterocycles. The van der Waals surface area contributed by atoms with E-state index in [1.807, 2.05) is 6.92 Å². The third kappa shape index (κ3) is 3.22. The molecule has 0 saturated heterocycles. The second-order valence-electron chi connectivity index (χ2n) is 4.01. The van der Waals surface area contributed by atoms with Crippen molar-refractivity contribution in [3.63, 3.8) is 0 Å². The maximum absolute atomic E-state index is 11.9. The first kappa shape index (κ1) is 14.0. The summed E-state index contributed by atoms with van der Waals surface area (Å²) >= 11 is 0. The summed E-state index contributed by atoms with van der Waals surface area (Å²) in [6.07, 6.45) is 1.44. The zero-order valence-electron chi connectivity index (χ0n) is 10.7. The van der Waals surface area contributed by atoms with Crippen molar-refractivity contribution < 1.29 is 9.59 Å². The minimum absolute atomic E-state index is 0.251. The minimum atomic E-state index is -0.377. The first-order valence-corrected chi connectivity index (χ1v) is 5.85. The number of nitrogens with zero attached hydrogens (tertiary/aromatic N) is 2. The molecule has 0 aliphatic carbocycles. The fourth-order valence-electron chi connectivity index (χ4n) is 1.67. The molecule has 0 bridgehead atoms. The van der Waals surface area contributed by atoms with Crippen LogP contribution >= 0.6 is 0 Å². The van der Waals surface area contributed by atoms with Crippen molar-refractivity contribution in [3.05, 3.63) is 11.4 Å². The van der Waals surface area contributed by atoms with Crippen LogP contribution in [0.25, 0.3) is 0 Å². The van der Waals surface area contributed by atoms with Crippen LogP contribution in [0.1, 0.15) is 35.9 Å². The summed E-state index contributed by atoms with van der Waals surface area (Å²) in [6, 6.07) is 0. The van der Waals surface area contributed by atoms with Crippen LogP contribution in [-0.2, 0) is 18.3 Å². The van der Waals surface area contributed by atoms with Gasteiger partial charge in [0, 0.05) is 20.0 Å². The molecule has 1 aromatic rings. The van der Waals surface area contributed by atoms with Crippen molar-refractivity contribution in [1.29, 1.82) is 0 Å². The lowest BCUT2D eigenvalue weighted by Crippen LogP contribution is -2.28. The van der Waals surface area contributed by atoms with Gasteiger partial charge < -0.3 is 16.8 Å². The Bertz CT molecular complexity index is 453. The number of nitrogens with one attached hydrogen (secondary N) is 1. The second kappa shape index (κ2) is 6.04. The molecule has 2 amide bonds. The van der Waals surface area contributed by atoms with E-state index in [0.29, 0.717) is 36.5 Å². The number of hydrogen-bond acceptors (Lipinski definition) is 4. The van der Waals surface area contributed by atoms with Crippen molar-refractivity contribution in [2.45, 2.75) is 26.2 Å². The van der Waals surface area contributed by atoms with Crippen molar-refractivity contribution in [3.8, 4) is 0 Å². The summed E-state index contributed by atoms with van der Waals surface area (Å²) in [5.74, 6) is -0.663. The molecule has 0 atom stereocenters. The standard InChI is InChI=1S/C11H19N5O2/c1-3-7-9(13)10(16(2)15-7)11(18)14-6-4-5-8(12)17/h3-6,13H2,1-2H3,(H2,12,17)(H,14,18). The Morgan fingerprint density at radius 2 is 2.11 bits per heavy atom. The summed E-state index contributed by atoms with van der Waals surface area (Å²) in [5, 5.41) is 6.85. The summed E-state index contributed by atoms with van der Waals surface area (Å²) in [4.78, 5) is 22.4. The molecule has 7 heteroatoms. The predicted octanol–water partition coefficient (Wildman–Crippen LogP) is -0.440. The molecule has 0 radical (unpaired) electrons. The van der Waals surface area contributed by atoms with Gasteiger partial charge in [-0.25, -0.2) is 0 Å². The van der Waals surface area contributed by atoms with Gasteiger partial charge in [-0.15, -0.1) is 0 Å². The second-order valence-corrected chi connectivity index (χ2v) is 4.01. The lowest BCUT2D eigenvalue weighted by molar-refractivity contribution is -0.118. The van der Waals surface area contributed by atoms with E-state index < -0.39 is 0 Å². The van der Waals surface area contributed by atoms with Crippen LogP contribution in [0.15, 0.2) is 0 Å².